The van der Waals surface area contributed by atoms with Crippen molar-refractivity contribution in [2.75, 3.05) is 4.90 Å². The lowest BCUT2D eigenvalue weighted by Crippen LogP contribution is -2.10. The van der Waals surface area contributed by atoms with E-state index in [1.54, 1.807) is 4.90 Å². The van der Waals surface area contributed by atoms with Crippen LogP contribution in [0.1, 0.15) is 12.3 Å². The Morgan fingerprint density at radius 2 is 0.844 bits per heavy atom. The van der Waals surface area contributed by atoms with E-state index in [2.05, 4.69) is 48.5 Å². The molecule has 0 unspecified atom stereocenters. The summed E-state index contributed by atoms with van der Waals surface area (Å²) in [5, 5.41) is 4.41. The maximum Gasteiger partial charge on any atom is 0.0645 e. The van der Waals surface area contributed by atoms with Crippen LogP contribution in [0.3, 0.4) is 0 Å². The number of anilines is 3. The lowest BCUT2D eigenvalue weighted by molar-refractivity contribution is 1.28. The van der Waals surface area contributed by atoms with Crippen molar-refractivity contribution >= 4 is 38.6 Å². The Hall–Kier alpha value is -5.92. The molecule has 0 saturated heterocycles. The van der Waals surface area contributed by atoms with Gasteiger partial charge < -0.3 is 4.90 Å². The zero-order valence-corrected chi connectivity index (χ0v) is 24.1. The highest BCUT2D eigenvalue weighted by atomic mass is 15.1. The third-order valence-corrected chi connectivity index (χ3v) is 7.98. The van der Waals surface area contributed by atoms with Gasteiger partial charge in [0.1, 0.15) is 0 Å². The zero-order chi connectivity index (χ0) is 37.8. The Bertz CT molecular complexity index is 2720. The Morgan fingerprint density at radius 3 is 1.49 bits per heavy atom. The highest BCUT2D eigenvalue weighted by molar-refractivity contribution is 5.90. The highest BCUT2D eigenvalue weighted by Crippen LogP contribution is 2.39. The van der Waals surface area contributed by atoms with E-state index in [1.807, 2.05) is 84.9 Å². The van der Waals surface area contributed by atoms with E-state index in [4.69, 9.17) is 9.60 Å². The first-order valence-corrected chi connectivity index (χ1v) is 14.7. The van der Waals surface area contributed by atoms with Gasteiger partial charge in [0.2, 0.25) is 0 Å². The molecule has 8 rings (SSSR count). The minimum atomic E-state index is -0.620. The van der Waals surface area contributed by atoms with Gasteiger partial charge in [-0.3, -0.25) is 0 Å². The van der Waals surface area contributed by atoms with Crippen molar-refractivity contribution in [2.24, 2.45) is 0 Å². The van der Waals surface area contributed by atoms with E-state index in [-0.39, 0.29) is 16.8 Å². The average molecular weight is 583 g/mol. The summed E-state index contributed by atoms with van der Waals surface area (Å²) in [7, 11) is 0. The van der Waals surface area contributed by atoms with Gasteiger partial charge in [-0.15, -0.1) is 0 Å². The summed E-state index contributed by atoms with van der Waals surface area (Å²) in [5.41, 5.74) is 4.16. The number of rotatable bonds is 6. The molecule has 212 valence electrons. The van der Waals surface area contributed by atoms with Crippen molar-refractivity contribution < 1.29 is 12.3 Å². The summed E-state index contributed by atoms with van der Waals surface area (Å²) in [6.07, 6.45) is 0. The molecule has 8 aromatic rings. The molecule has 0 bridgehead atoms. The first-order chi connectivity index (χ1) is 26.0. The quantitative estimate of drug-likeness (QED) is 0.188. The zero-order valence-electron chi connectivity index (χ0n) is 33.1. The summed E-state index contributed by atoms with van der Waals surface area (Å²) in [6.45, 7) is 0. The van der Waals surface area contributed by atoms with Crippen molar-refractivity contribution in [1.82, 2.24) is 0 Å². The SMILES string of the molecule is [2H]c1c([2H])c([2H])c(-c2c([2H])c([2H])c(N(c3ccc(-c4ccc5ccccc5c4)cc3)c3cccc(-c4ccc5ccccc5c4)c3)c([2H])c2[2H])c([2H])c1[2H]. The molecule has 0 atom stereocenters. The van der Waals surface area contributed by atoms with Gasteiger partial charge in [0.25, 0.3) is 0 Å². The number of benzene rings is 8. The van der Waals surface area contributed by atoms with Crippen LogP contribution >= 0.6 is 0 Å². The van der Waals surface area contributed by atoms with Crippen LogP contribution in [-0.4, -0.2) is 0 Å². The summed E-state index contributed by atoms with van der Waals surface area (Å²) in [4.78, 5) is 1.68. The topological polar surface area (TPSA) is 3.24 Å². The van der Waals surface area contributed by atoms with Gasteiger partial charge in [-0.25, -0.2) is 0 Å². The van der Waals surface area contributed by atoms with E-state index in [0.717, 1.165) is 43.8 Å². The lowest BCUT2D eigenvalue weighted by atomic mass is 9.99. The van der Waals surface area contributed by atoms with Crippen LogP contribution in [0.15, 0.2) is 188 Å². The van der Waals surface area contributed by atoms with E-state index >= 15 is 0 Å². The minimum absolute atomic E-state index is 0.0461. The molecule has 45 heavy (non-hydrogen) atoms. The van der Waals surface area contributed by atoms with Gasteiger partial charge in [-0.05, 0) is 103 Å². The van der Waals surface area contributed by atoms with Crippen molar-refractivity contribution in [3.05, 3.63) is 188 Å². The number of hydrogen-bond acceptors (Lipinski definition) is 1. The van der Waals surface area contributed by atoms with Gasteiger partial charge >= 0.3 is 0 Å². The average Bonchev–Trinajstić information content (AvgIpc) is 3.21. The molecular formula is C44H31N. The molecule has 0 aromatic heterocycles. The number of fused-ring (bicyclic) bond motifs is 2. The highest BCUT2D eigenvalue weighted by Gasteiger charge is 2.15. The summed E-state index contributed by atoms with van der Waals surface area (Å²) in [6, 6.07) is 39.0. The first kappa shape index (κ1) is 18.7. The maximum absolute atomic E-state index is 9.32. The van der Waals surface area contributed by atoms with E-state index in [0.29, 0.717) is 11.4 Å². The molecule has 0 fully saturated rings. The lowest BCUT2D eigenvalue weighted by Gasteiger charge is -2.26. The Labute approximate surface area is 276 Å². The summed E-state index contributed by atoms with van der Waals surface area (Å²) < 4.78 is 78.4. The van der Waals surface area contributed by atoms with Crippen molar-refractivity contribution in [1.29, 1.82) is 0 Å². The molecular weight excluding hydrogens is 542 g/mol. The minimum Gasteiger partial charge on any atom is -0.310 e. The molecule has 0 aliphatic heterocycles. The number of hydrogen-bond donors (Lipinski definition) is 0. The third-order valence-electron chi connectivity index (χ3n) is 7.98. The largest absolute Gasteiger partial charge is 0.310 e. The molecule has 0 N–H and O–H groups in total. The fourth-order valence-corrected chi connectivity index (χ4v) is 5.69. The molecule has 0 heterocycles. The second-order valence-electron chi connectivity index (χ2n) is 10.8. The second-order valence-corrected chi connectivity index (χ2v) is 10.8. The molecule has 8 aromatic carbocycles. The fraction of sp³-hybridized carbons (Fsp3) is 0. The molecule has 0 radical (unpaired) electrons. The smallest absolute Gasteiger partial charge is 0.0645 e. The van der Waals surface area contributed by atoms with Crippen LogP contribution < -0.4 is 4.90 Å². The fourth-order valence-electron chi connectivity index (χ4n) is 5.69. The Morgan fingerprint density at radius 1 is 0.311 bits per heavy atom. The van der Waals surface area contributed by atoms with Crippen LogP contribution in [0.5, 0.6) is 0 Å². The van der Waals surface area contributed by atoms with Gasteiger partial charge in [0.15, 0.2) is 0 Å². The van der Waals surface area contributed by atoms with Crippen LogP contribution in [-0.2, 0) is 0 Å². The normalized spacial score (nSPS) is 13.9. The molecule has 0 spiro atoms. The predicted molar refractivity (Wildman–Crippen MR) is 192 cm³/mol. The number of nitrogens with zero attached hydrogens (tertiary/aromatic N) is 1. The summed E-state index contributed by atoms with van der Waals surface area (Å²) in [5.74, 6) is 0. The van der Waals surface area contributed by atoms with E-state index < -0.39 is 54.4 Å². The van der Waals surface area contributed by atoms with Gasteiger partial charge in [0, 0.05) is 17.1 Å². The first-order valence-electron chi connectivity index (χ1n) is 19.2. The van der Waals surface area contributed by atoms with Crippen molar-refractivity contribution in [2.45, 2.75) is 0 Å². The second kappa shape index (κ2) is 11.6. The van der Waals surface area contributed by atoms with E-state index in [9.17, 15) is 2.74 Å². The van der Waals surface area contributed by atoms with Crippen LogP contribution in [0, 0.1) is 0 Å². The van der Waals surface area contributed by atoms with E-state index in [1.165, 1.54) is 0 Å². The monoisotopic (exact) mass is 582 g/mol. The molecule has 0 saturated carbocycles. The standard InChI is InChI=1S/C44H31N/c1-2-9-32(10-3-1)35-21-25-42(26-22-35)45(43-27-23-36(24-28-43)40-19-17-33-11-4-6-13-37(33)29-40)44-16-8-15-39(31-44)41-20-18-34-12-5-7-14-38(34)30-41/h1-31H/i1D,2D,3D,9D,10D,21D,22D,25D,26D. The Kier molecular flexibility index (Phi) is 4.83. The molecule has 0 aliphatic rings. The van der Waals surface area contributed by atoms with Crippen molar-refractivity contribution in [3.63, 3.8) is 0 Å². The van der Waals surface area contributed by atoms with Gasteiger partial charge in [0.05, 0.1) is 12.3 Å². The molecule has 0 aliphatic carbocycles. The van der Waals surface area contributed by atoms with Crippen LogP contribution in [0.4, 0.5) is 17.1 Å². The van der Waals surface area contributed by atoms with Gasteiger partial charge in [-0.2, -0.15) is 0 Å². The van der Waals surface area contributed by atoms with Crippen LogP contribution in [0.25, 0.3) is 54.9 Å². The summed E-state index contributed by atoms with van der Waals surface area (Å²) >= 11 is 0. The predicted octanol–water partition coefficient (Wildman–Crippen LogP) is 12.5. The molecule has 1 nitrogen and oxygen atoms in total. The molecule has 1 heteroatoms. The van der Waals surface area contributed by atoms with Crippen molar-refractivity contribution in [3.8, 4) is 33.4 Å². The van der Waals surface area contributed by atoms with Gasteiger partial charge in [-0.1, -0.05) is 139 Å². The maximum atomic E-state index is 9.32. The Balaban J connectivity index is 1.32. The van der Waals surface area contributed by atoms with Crippen LogP contribution in [0.2, 0.25) is 0 Å². The third kappa shape index (κ3) is 5.37. The molecule has 0 amide bonds.